The second-order valence-corrected chi connectivity index (χ2v) is 4.57. The average molecular weight is 282 g/mol. The molecule has 98 valence electrons. The minimum atomic E-state index is -0.971. The van der Waals surface area contributed by atoms with Crippen LogP contribution < -0.4 is 5.32 Å². The number of H-pyrrole nitrogens is 1. The van der Waals surface area contributed by atoms with Gasteiger partial charge in [0.25, 0.3) is 0 Å². The number of hydrogen-bond donors (Lipinski definition) is 3. The molecule has 1 aliphatic rings. The molecule has 0 aromatic carbocycles. The third-order valence-electron chi connectivity index (χ3n) is 2.92. The summed E-state index contributed by atoms with van der Waals surface area (Å²) in [7, 11) is 0. The van der Waals surface area contributed by atoms with E-state index in [1.165, 1.54) is 6.33 Å². The van der Waals surface area contributed by atoms with Crippen LogP contribution in [0.2, 0.25) is 5.15 Å². The van der Waals surface area contributed by atoms with Crippen molar-refractivity contribution in [1.29, 1.82) is 0 Å². The van der Waals surface area contributed by atoms with Gasteiger partial charge in [0.1, 0.15) is 5.52 Å². The Labute approximate surface area is 111 Å². The number of carboxylic acids is 1. The molecule has 2 aromatic heterocycles. The first-order chi connectivity index (χ1) is 9.06. The predicted molar refractivity (Wildman–Crippen MR) is 64.6 cm³/mol. The highest BCUT2D eigenvalue weighted by Gasteiger charge is 2.48. The van der Waals surface area contributed by atoms with Gasteiger partial charge in [0.2, 0.25) is 11.9 Å². The van der Waals surface area contributed by atoms with Crippen molar-refractivity contribution in [2.75, 3.05) is 5.32 Å². The Hall–Kier alpha value is -2.22. The maximum Gasteiger partial charge on any atom is 0.307 e. The van der Waals surface area contributed by atoms with Gasteiger partial charge >= 0.3 is 5.97 Å². The van der Waals surface area contributed by atoms with Crippen molar-refractivity contribution in [2.45, 2.75) is 6.42 Å². The molecule has 0 aliphatic heterocycles. The lowest BCUT2D eigenvalue weighted by Gasteiger charge is -2.03. The molecule has 9 heteroatoms. The number of fused-ring (bicyclic) bond motifs is 1. The summed E-state index contributed by atoms with van der Waals surface area (Å²) in [5.41, 5.74) is 0.815. The maximum atomic E-state index is 11.7. The first-order valence-electron chi connectivity index (χ1n) is 5.46. The molecule has 1 amide bonds. The van der Waals surface area contributed by atoms with Gasteiger partial charge in [0.05, 0.1) is 18.2 Å². The van der Waals surface area contributed by atoms with Crippen LogP contribution in [-0.2, 0) is 9.59 Å². The lowest BCUT2D eigenvalue weighted by molar-refractivity contribution is -0.139. The first-order valence-corrected chi connectivity index (χ1v) is 5.84. The maximum absolute atomic E-state index is 11.7. The number of amides is 1. The van der Waals surface area contributed by atoms with Crippen molar-refractivity contribution in [3.8, 4) is 0 Å². The highest BCUT2D eigenvalue weighted by molar-refractivity contribution is 6.33. The highest BCUT2D eigenvalue weighted by atomic mass is 35.5. The van der Waals surface area contributed by atoms with Gasteiger partial charge in [-0.15, -0.1) is 0 Å². The number of hydrogen-bond acceptors (Lipinski definition) is 5. The van der Waals surface area contributed by atoms with E-state index < -0.39 is 23.7 Å². The molecule has 8 nitrogen and oxygen atoms in total. The van der Waals surface area contributed by atoms with E-state index in [9.17, 15) is 9.59 Å². The van der Waals surface area contributed by atoms with Crippen LogP contribution in [0, 0.1) is 11.8 Å². The number of halogens is 1. The molecule has 0 bridgehead atoms. The Bertz CT molecular complexity index is 685. The van der Waals surface area contributed by atoms with E-state index in [2.05, 4.69) is 25.3 Å². The van der Waals surface area contributed by atoms with Gasteiger partial charge in [-0.1, -0.05) is 11.6 Å². The molecule has 2 unspecified atom stereocenters. The van der Waals surface area contributed by atoms with Crippen molar-refractivity contribution in [2.24, 2.45) is 11.8 Å². The molecule has 1 aliphatic carbocycles. The minimum absolute atomic E-state index is 0.0191. The molecule has 0 spiro atoms. The number of anilines is 1. The molecule has 3 N–H and O–H groups in total. The molecule has 2 heterocycles. The monoisotopic (exact) mass is 281 g/mol. The van der Waals surface area contributed by atoms with Crippen molar-refractivity contribution >= 4 is 40.6 Å². The zero-order valence-corrected chi connectivity index (χ0v) is 10.2. The van der Waals surface area contributed by atoms with Gasteiger partial charge in [0, 0.05) is 0 Å². The quantitative estimate of drug-likeness (QED) is 0.711. The number of carboxylic acid groups (broad SMARTS) is 1. The van der Waals surface area contributed by atoms with Crippen molar-refractivity contribution in [1.82, 2.24) is 19.9 Å². The zero-order valence-electron chi connectivity index (χ0n) is 9.42. The van der Waals surface area contributed by atoms with Gasteiger partial charge in [0.15, 0.2) is 10.8 Å². The molecule has 19 heavy (non-hydrogen) atoms. The van der Waals surface area contributed by atoms with Crippen molar-refractivity contribution in [3.63, 3.8) is 0 Å². The van der Waals surface area contributed by atoms with Crippen LogP contribution >= 0.6 is 11.6 Å². The van der Waals surface area contributed by atoms with Gasteiger partial charge in [-0.2, -0.15) is 9.97 Å². The van der Waals surface area contributed by atoms with Crippen LogP contribution in [-0.4, -0.2) is 36.9 Å². The zero-order chi connectivity index (χ0) is 13.6. The summed E-state index contributed by atoms with van der Waals surface area (Å²) in [6.07, 6.45) is 1.75. The van der Waals surface area contributed by atoms with Crippen LogP contribution in [0.1, 0.15) is 6.42 Å². The van der Waals surface area contributed by atoms with Gasteiger partial charge in [-0.25, -0.2) is 4.98 Å². The molecule has 0 saturated heterocycles. The van der Waals surface area contributed by atoms with E-state index in [1.807, 2.05) is 0 Å². The smallest absolute Gasteiger partial charge is 0.307 e. The van der Waals surface area contributed by atoms with Crippen LogP contribution in [0.5, 0.6) is 0 Å². The summed E-state index contributed by atoms with van der Waals surface area (Å²) in [5.74, 6) is -2.52. The fraction of sp³-hybridized carbons (Fsp3) is 0.300. The standard InChI is InChI=1S/C10H8ClN5O3/c11-6-5-7(13-2-12-5)15-10(14-6)16-8(17)3-1-4(3)9(18)19/h2-4H,1H2,(H,18,19)(H2,12,13,14,15,16,17). The number of aromatic nitrogens is 4. The molecule has 2 aromatic rings. The molecule has 1 fully saturated rings. The second kappa shape index (κ2) is 4.16. The lowest BCUT2D eigenvalue weighted by Crippen LogP contribution is -2.18. The Balaban J connectivity index is 1.78. The third kappa shape index (κ3) is 2.10. The summed E-state index contributed by atoms with van der Waals surface area (Å²) in [6, 6.07) is 0. The number of carbonyl (C=O) groups excluding carboxylic acids is 1. The largest absolute Gasteiger partial charge is 0.481 e. The van der Waals surface area contributed by atoms with Gasteiger partial charge < -0.3 is 10.1 Å². The Kier molecular flexibility index (Phi) is 2.59. The summed E-state index contributed by atoms with van der Waals surface area (Å²) in [5, 5.41) is 11.3. The number of nitrogens with one attached hydrogen (secondary N) is 2. The van der Waals surface area contributed by atoms with Gasteiger partial charge in [-0.05, 0) is 6.42 Å². The minimum Gasteiger partial charge on any atom is -0.481 e. The van der Waals surface area contributed by atoms with E-state index in [4.69, 9.17) is 16.7 Å². The van der Waals surface area contributed by atoms with E-state index >= 15 is 0 Å². The van der Waals surface area contributed by atoms with Crippen LogP contribution in [0.15, 0.2) is 6.33 Å². The van der Waals surface area contributed by atoms with Crippen molar-refractivity contribution in [3.05, 3.63) is 11.5 Å². The number of carbonyl (C=O) groups is 2. The van der Waals surface area contributed by atoms with E-state index in [0.717, 1.165) is 0 Å². The number of aromatic amines is 1. The highest BCUT2D eigenvalue weighted by Crippen LogP contribution is 2.39. The lowest BCUT2D eigenvalue weighted by atomic mass is 10.3. The van der Waals surface area contributed by atoms with Crippen LogP contribution in [0.25, 0.3) is 11.2 Å². The Morgan fingerprint density at radius 2 is 2.21 bits per heavy atom. The molecule has 0 radical (unpaired) electrons. The van der Waals surface area contributed by atoms with Gasteiger partial charge in [-0.3, -0.25) is 14.9 Å². The first kappa shape index (κ1) is 11.8. The van der Waals surface area contributed by atoms with E-state index in [1.54, 1.807) is 0 Å². The molecular weight excluding hydrogens is 274 g/mol. The topological polar surface area (TPSA) is 121 Å². The SMILES string of the molecule is O=C(O)C1CC1C(=O)Nc1nc(Cl)c2[nH]cnc2n1. The number of aliphatic carboxylic acids is 1. The molecule has 2 atom stereocenters. The van der Waals surface area contributed by atoms with E-state index in [0.29, 0.717) is 17.6 Å². The number of rotatable bonds is 3. The van der Waals surface area contributed by atoms with Crippen LogP contribution in [0.4, 0.5) is 5.95 Å². The third-order valence-corrected chi connectivity index (χ3v) is 3.19. The Morgan fingerprint density at radius 1 is 1.42 bits per heavy atom. The second-order valence-electron chi connectivity index (χ2n) is 4.22. The fourth-order valence-electron chi connectivity index (χ4n) is 1.81. The Morgan fingerprint density at radius 3 is 2.89 bits per heavy atom. The molecular formula is C10H8ClN5O3. The summed E-state index contributed by atoms with van der Waals surface area (Å²) < 4.78 is 0. The predicted octanol–water partition coefficient (Wildman–Crippen LogP) is 0.665. The average Bonchev–Trinajstić information content (AvgIpc) is 3.02. The summed E-state index contributed by atoms with van der Waals surface area (Å²) in [6.45, 7) is 0. The number of nitrogens with zero attached hydrogens (tertiary/aromatic N) is 3. The summed E-state index contributed by atoms with van der Waals surface area (Å²) in [4.78, 5) is 37.0. The summed E-state index contributed by atoms with van der Waals surface area (Å²) >= 11 is 5.89. The van der Waals surface area contributed by atoms with Crippen molar-refractivity contribution < 1.29 is 14.7 Å². The molecule has 3 rings (SSSR count). The fourth-order valence-corrected chi connectivity index (χ4v) is 2.03. The number of imidazole rings is 1. The van der Waals surface area contributed by atoms with Crippen LogP contribution in [0.3, 0.4) is 0 Å². The molecule has 1 saturated carbocycles. The normalized spacial score (nSPS) is 21.3. The van der Waals surface area contributed by atoms with E-state index in [-0.39, 0.29) is 11.1 Å².